The standard InChI is InChI=1S/C11H15NO/c1-4-5-7-12-10(3)11-9(2)6-8-13-11/h6,8,10,12H,7H2,1-3H3. The predicted molar refractivity (Wildman–Crippen MR) is 53.3 cm³/mol. The van der Waals surface area contributed by atoms with E-state index in [0.29, 0.717) is 6.54 Å². The highest BCUT2D eigenvalue weighted by atomic mass is 16.3. The first-order valence-corrected chi connectivity index (χ1v) is 4.42. The van der Waals surface area contributed by atoms with Crippen molar-refractivity contribution in [2.45, 2.75) is 26.8 Å². The molecule has 0 bridgehead atoms. The third-order valence-corrected chi connectivity index (χ3v) is 1.97. The van der Waals surface area contributed by atoms with Crippen LogP contribution < -0.4 is 5.32 Å². The van der Waals surface area contributed by atoms with Gasteiger partial charge in [0.25, 0.3) is 0 Å². The van der Waals surface area contributed by atoms with Crippen molar-refractivity contribution in [3.63, 3.8) is 0 Å². The van der Waals surface area contributed by atoms with Crippen molar-refractivity contribution < 1.29 is 4.42 Å². The van der Waals surface area contributed by atoms with Gasteiger partial charge in [-0.05, 0) is 32.4 Å². The second-order valence-corrected chi connectivity index (χ2v) is 3.00. The second-order valence-electron chi connectivity index (χ2n) is 3.00. The molecule has 1 rings (SSSR count). The summed E-state index contributed by atoms with van der Waals surface area (Å²) in [6.07, 6.45) is 1.72. The Morgan fingerprint density at radius 3 is 2.92 bits per heavy atom. The molecule has 0 spiro atoms. The van der Waals surface area contributed by atoms with Crippen LogP contribution in [0.4, 0.5) is 0 Å². The number of rotatable bonds is 3. The summed E-state index contributed by atoms with van der Waals surface area (Å²) in [6.45, 7) is 6.66. The molecule has 1 heterocycles. The fourth-order valence-electron chi connectivity index (χ4n) is 1.21. The van der Waals surface area contributed by atoms with Gasteiger partial charge in [-0.2, -0.15) is 0 Å². The van der Waals surface area contributed by atoms with E-state index >= 15 is 0 Å². The average molecular weight is 177 g/mol. The first-order valence-electron chi connectivity index (χ1n) is 4.42. The zero-order valence-corrected chi connectivity index (χ0v) is 8.35. The fourth-order valence-corrected chi connectivity index (χ4v) is 1.21. The quantitative estimate of drug-likeness (QED) is 0.716. The Balaban J connectivity index is 2.52. The maximum absolute atomic E-state index is 5.35. The number of nitrogens with one attached hydrogen (secondary N) is 1. The van der Waals surface area contributed by atoms with E-state index in [9.17, 15) is 0 Å². The van der Waals surface area contributed by atoms with Gasteiger partial charge in [0.1, 0.15) is 5.76 Å². The van der Waals surface area contributed by atoms with Crippen molar-refractivity contribution in [3.8, 4) is 11.8 Å². The SMILES string of the molecule is CC#CCNC(C)c1occc1C. The number of furan rings is 1. The molecule has 2 heteroatoms. The summed E-state index contributed by atoms with van der Waals surface area (Å²) in [6, 6.07) is 2.20. The largest absolute Gasteiger partial charge is 0.467 e. The first kappa shape index (κ1) is 9.88. The van der Waals surface area contributed by atoms with Gasteiger partial charge in [-0.3, -0.25) is 5.32 Å². The zero-order chi connectivity index (χ0) is 9.68. The normalized spacial score (nSPS) is 11.9. The summed E-state index contributed by atoms with van der Waals surface area (Å²) in [7, 11) is 0. The van der Waals surface area contributed by atoms with Gasteiger partial charge in [0.15, 0.2) is 0 Å². The molecule has 0 aliphatic rings. The molecular weight excluding hydrogens is 162 g/mol. The average Bonchev–Trinajstić information content (AvgIpc) is 2.52. The summed E-state index contributed by atoms with van der Waals surface area (Å²) in [5, 5.41) is 3.26. The van der Waals surface area contributed by atoms with Crippen molar-refractivity contribution in [2.75, 3.05) is 6.54 Å². The van der Waals surface area contributed by atoms with Crippen molar-refractivity contribution >= 4 is 0 Å². The van der Waals surface area contributed by atoms with Crippen molar-refractivity contribution in [1.82, 2.24) is 5.32 Å². The van der Waals surface area contributed by atoms with Crippen LogP contribution in [0.15, 0.2) is 16.7 Å². The molecular formula is C11H15NO. The minimum Gasteiger partial charge on any atom is -0.467 e. The molecule has 70 valence electrons. The van der Waals surface area contributed by atoms with Gasteiger partial charge in [-0.15, -0.1) is 5.92 Å². The highest BCUT2D eigenvalue weighted by Crippen LogP contribution is 2.17. The summed E-state index contributed by atoms with van der Waals surface area (Å²) in [5.74, 6) is 6.80. The molecule has 1 N–H and O–H groups in total. The summed E-state index contributed by atoms with van der Waals surface area (Å²) in [5.41, 5.74) is 1.18. The molecule has 0 saturated heterocycles. The molecule has 1 aromatic heterocycles. The smallest absolute Gasteiger partial charge is 0.123 e. The van der Waals surface area contributed by atoms with Gasteiger partial charge in [0, 0.05) is 0 Å². The molecule has 0 aliphatic heterocycles. The monoisotopic (exact) mass is 177 g/mol. The van der Waals surface area contributed by atoms with Crippen LogP contribution in [-0.2, 0) is 0 Å². The predicted octanol–water partition coefficient (Wildman–Crippen LogP) is 2.26. The number of aryl methyl sites for hydroxylation is 1. The molecule has 0 aliphatic carbocycles. The zero-order valence-electron chi connectivity index (χ0n) is 8.35. The van der Waals surface area contributed by atoms with Crippen molar-refractivity contribution in [3.05, 3.63) is 23.7 Å². The lowest BCUT2D eigenvalue weighted by Gasteiger charge is -2.09. The lowest BCUT2D eigenvalue weighted by molar-refractivity contribution is 0.440. The Kier molecular flexibility index (Phi) is 3.60. The lowest BCUT2D eigenvalue weighted by atomic mass is 10.2. The molecule has 0 saturated carbocycles. The van der Waals surface area contributed by atoms with Crippen LogP contribution in [0.2, 0.25) is 0 Å². The highest BCUT2D eigenvalue weighted by Gasteiger charge is 2.09. The third kappa shape index (κ3) is 2.64. The van der Waals surface area contributed by atoms with E-state index in [-0.39, 0.29) is 6.04 Å². The molecule has 13 heavy (non-hydrogen) atoms. The van der Waals surface area contributed by atoms with Crippen LogP contribution >= 0.6 is 0 Å². The van der Waals surface area contributed by atoms with Crippen LogP contribution in [-0.4, -0.2) is 6.54 Å². The Labute approximate surface area is 79.3 Å². The molecule has 1 atom stereocenters. The Morgan fingerprint density at radius 2 is 2.38 bits per heavy atom. The molecule has 0 radical (unpaired) electrons. The fraction of sp³-hybridized carbons (Fsp3) is 0.455. The number of hydrogen-bond acceptors (Lipinski definition) is 2. The van der Waals surface area contributed by atoms with Crippen LogP contribution in [0.25, 0.3) is 0 Å². The van der Waals surface area contributed by atoms with Crippen LogP contribution in [0.3, 0.4) is 0 Å². The molecule has 0 aromatic carbocycles. The highest BCUT2D eigenvalue weighted by molar-refractivity contribution is 5.17. The van der Waals surface area contributed by atoms with Gasteiger partial charge < -0.3 is 4.42 Å². The molecule has 1 unspecified atom stereocenters. The number of hydrogen-bond donors (Lipinski definition) is 1. The van der Waals surface area contributed by atoms with E-state index < -0.39 is 0 Å². The van der Waals surface area contributed by atoms with E-state index in [1.54, 1.807) is 6.26 Å². The minimum absolute atomic E-state index is 0.232. The second kappa shape index (κ2) is 4.74. The third-order valence-electron chi connectivity index (χ3n) is 1.97. The summed E-state index contributed by atoms with van der Waals surface area (Å²) in [4.78, 5) is 0. The Bertz CT molecular complexity index is 316. The van der Waals surface area contributed by atoms with Gasteiger partial charge in [-0.25, -0.2) is 0 Å². The van der Waals surface area contributed by atoms with Crippen molar-refractivity contribution in [1.29, 1.82) is 0 Å². The lowest BCUT2D eigenvalue weighted by Crippen LogP contribution is -2.18. The van der Waals surface area contributed by atoms with E-state index in [1.165, 1.54) is 5.56 Å². The van der Waals surface area contributed by atoms with E-state index in [4.69, 9.17) is 4.42 Å². The Morgan fingerprint density at radius 1 is 1.62 bits per heavy atom. The Hall–Kier alpha value is -1.20. The van der Waals surface area contributed by atoms with Gasteiger partial charge >= 0.3 is 0 Å². The van der Waals surface area contributed by atoms with Crippen molar-refractivity contribution in [2.24, 2.45) is 0 Å². The van der Waals surface area contributed by atoms with Gasteiger partial charge in [0.2, 0.25) is 0 Å². The van der Waals surface area contributed by atoms with Crippen LogP contribution in [0.5, 0.6) is 0 Å². The van der Waals surface area contributed by atoms with Gasteiger partial charge in [-0.1, -0.05) is 5.92 Å². The molecule has 0 amide bonds. The maximum Gasteiger partial charge on any atom is 0.123 e. The van der Waals surface area contributed by atoms with Gasteiger partial charge in [0.05, 0.1) is 18.8 Å². The minimum atomic E-state index is 0.232. The first-order chi connectivity index (χ1) is 6.25. The van der Waals surface area contributed by atoms with E-state index in [2.05, 4.69) is 24.1 Å². The molecule has 1 aromatic rings. The van der Waals surface area contributed by atoms with Crippen LogP contribution in [0.1, 0.15) is 31.2 Å². The maximum atomic E-state index is 5.35. The van der Waals surface area contributed by atoms with Crippen LogP contribution in [0, 0.1) is 18.8 Å². The summed E-state index contributed by atoms with van der Waals surface area (Å²) < 4.78 is 5.35. The summed E-state index contributed by atoms with van der Waals surface area (Å²) >= 11 is 0. The topological polar surface area (TPSA) is 25.2 Å². The molecule has 2 nitrogen and oxygen atoms in total. The van der Waals surface area contributed by atoms with E-state index in [0.717, 1.165) is 5.76 Å². The van der Waals surface area contributed by atoms with E-state index in [1.807, 2.05) is 19.9 Å². The molecule has 0 fully saturated rings.